The highest BCUT2D eigenvalue weighted by molar-refractivity contribution is 5.95. The second-order valence-corrected chi connectivity index (χ2v) is 3.77. The molecule has 2 heterocycles. The molecule has 2 rings (SSSR count). The monoisotopic (exact) mass is 258 g/mol. The van der Waals surface area contributed by atoms with Crippen molar-refractivity contribution in [3.63, 3.8) is 0 Å². The molecule has 0 aromatic carbocycles. The van der Waals surface area contributed by atoms with Crippen molar-refractivity contribution in [2.24, 2.45) is 10.9 Å². The molecule has 0 aliphatic rings. The fourth-order valence-corrected chi connectivity index (χ4v) is 1.50. The number of nitrogens with zero attached hydrogens (tertiary/aromatic N) is 3. The predicted octanol–water partition coefficient (Wildman–Crippen LogP) is 1.19. The molecule has 0 spiro atoms. The second-order valence-electron chi connectivity index (χ2n) is 3.77. The number of amidine groups is 1. The Morgan fingerprint density at radius 2 is 2.16 bits per heavy atom. The van der Waals surface area contributed by atoms with Gasteiger partial charge in [0, 0.05) is 24.4 Å². The summed E-state index contributed by atoms with van der Waals surface area (Å²) in [6, 6.07) is 10.8. The van der Waals surface area contributed by atoms with Crippen molar-refractivity contribution in [3.05, 3.63) is 54.0 Å². The number of hydrogen-bond acceptors (Lipinski definition) is 5. The van der Waals surface area contributed by atoms with E-state index in [0.29, 0.717) is 24.6 Å². The van der Waals surface area contributed by atoms with E-state index in [1.807, 2.05) is 18.2 Å². The van der Waals surface area contributed by atoms with Crippen LogP contribution in [0.3, 0.4) is 0 Å². The summed E-state index contributed by atoms with van der Waals surface area (Å²) in [5.41, 5.74) is 6.78. The summed E-state index contributed by atoms with van der Waals surface area (Å²) in [6.45, 7) is 0.462. The summed E-state index contributed by atoms with van der Waals surface area (Å²) in [5, 5.41) is 11.5. The van der Waals surface area contributed by atoms with Crippen LogP contribution in [0.4, 0.5) is 0 Å². The highest BCUT2D eigenvalue weighted by Gasteiger charge is 2.03. The molecule has 2 aromatic heterocycles. The average Bonchev–Trinajstić information content (AvgIpc) is 2.48. The summed E-state index contributed by atoms with van der Waals surface area (Å²) in [7, 11) is 0. The van der Waals surface area contributed by atoms with Gasteiger partial charge in [0.2, 0.25) is 5.88 Å². The normalized spacial score (nSPS) is 11.3. The van der Waals surface area contributed by atoms with Gasteiger partial charge in [0.05, 0.1) is 6.61 Å². The van der Waals surface area contributed by atoms with E-state index in [1.165, 1.54) is 0 Å². The quantitative estimate of drug-likeness (QED) is 0.363. The van der Waals surface area contributed by atoms with E-state index in [0.717, 1.165) is 5.69 Å². The van der Waals surface area contributed by atoms with Crippen LogP contribution in [0.1, 0.15) is 11.4 Å². The minimum absolute atomic E-state index is 0.0461. The van der Waals surface area contributed by atoms with E-state index < -0.39 is 0 Å². The van der Waals surface area contributed by atoms with Crippen LogP contribution in [0, 0.1) is 0 Å². The van der Waals surface area contributed by atoms with E-state index in [1.54, 1.807) is 24.4 Å². The van der Waals surface area contributed by atoms with Gasteiger partial charge in [0.1, 0.15) is 5.69 Å². The predicted molar refractivity (Wildman–Crippen MR) is 70.2 cm³/mol. The molecule has 98 valence electrons. The Morgan fingerprint density at radius 3 is 2.89 bits per heavy atom. The first kappa shape index (κ1) is 12.8. The first-order valence-electron chi connectivity index (χ1n) is 5.77. The zero-order valence-electron chi connectivity index (χ0n) is 10.2. The lowest BCUT2D eigenvalue weighted by Gasteiger charge is -2.06. The van der Waals surface area contributed by atoms with Gasteiger partial charge in [-0.1, -0.05) is 17.3 Å². The van der Waals surface area contributed by atoms with Crippen molar-refractivity contribution >= 4 is 5.84 Å². The number of hydrogen-bond donors (Lipinski definition) is 2. The molecule has 6 heteroatoms. The van der Waals surface area contributed by atoms with Crippen LogP contribution in [0.25, 0.3) is 0 Å². The molecular weight excluding hydrogens is 244 g/mol. The molecule has 0 fully saturated rings. The smallest absolute Gasteiger partial charge is 0.213 e. The lowest BCUT2D eigenvalue weighted by Crippen LogP contribution is -2.15. The van der Waals surface area contributed by atoms with Crippen LogP contribution in [-0.4, -0.2) is 27.6 Å². The standard InChI is InChI=1S/C13H14N4O2/c14-13(17-18)11-5-3-6-12(16-11)19-9-7-10-4-1-2-8-15-10/h1-6,8,18H,7,9H2,(H2,14,17). The summed E-state index contributed by atoms with van der Waals surface area (Å²) in [6.07, 6.45) is 2.43. The van der Waals surface area contributed by atoms with Gasteiger partial charge in [-0.2, -0.15) is 0 Å². The van der Waals surface area contributed by atoms with Gasteiger partial charge in [-0.15, -0.1) is 0 Å². The number of nitrogens with two attached hydrogens (primary N) is 1. The van der Waals surface area contributed by atoms with Crippen molar-refractivity contribution < 1.29 is 9.94 Å². The van der Waals surface area contributed by atoms with Gasteiger partial charge in [-0.05, 0) is 18.2 Å². The molecule has 0 radical (unpaired) electrons. The zero-order chi connectivity index (χ0) is 13.5. The number of rotatable bonds is 5. The molecule has 0 aliphatic heterocycles. The Bertz CT molecular complexity index is 558. The molecule has 0 aliphatic carbocycles. The molecule has 0 bridgehead atoms. The Balaban J connectivity index is 1.93. The molecule has 19 heavy (non-hydrogen) atoms. The number of aromatic nitrogens is 2. The Morgan fingerprint density at radius 1 is 1.26 bits per heavy atom. The SMILES string of the molecule is NC(=NO)c1cccc(OCCc2ccccn2)n1. The van der Waals surface area contributed by atoms with E-state index in [9.17, 15) is 0 Å². The Kier molecular flexibility index (Phi) is 4.28. The lowest BCUT2D eigenvalue weighted by atomic mass is 10.3. The molecule has 0 saturated carbocycles. The number of ether oxygens (including phenoxy) is 1. The summed E-state index contributed by atoms with van der Waals surface area (Å²) < 4.78 is 5.50. The Hall–Kier alpha value is -2.63. The molecule has 0 atom stereocenters. The van der Waals surface area contributed by atoms with Gasteiger partial charge in [0.15, 0.2) is 5.84 Å². The van der Waals surface area contributed by atoms with E-state index >= 15 is 0 Å². The third-order valence-corrected chi connectivity index (χ3v) is 2.43. The lowest BCUT2D eigenvalue weighted by molar-refractivity contribution is 0.307. The molecule has 0 amide bonds. The Labute approximate surface area is 110 Å². The van der Waals surface area contributed by atoms with Gasteiger partial charge < -0.3 is 15.7 Å². The van der Waals surface area contributed by atoms with Gasteiger partial charge in [0.25, 0.3) is 0 Å². The largest absolute Gasteiger partial charge is 0.477 e. The summed E-state index contributed by atoms with van der Waals surface area (Å²) in [5.74, 6) is 0.384. The van der Waals surface area contributed by atoms with E-state index in [-0.39, 0.29) is 5.84 Å². The van der Waals surface area contributed by atoms with Crippen LogP contribution in [0.5, 0.6) is 5.88 Å². The topological polar surface area (TPSA) is 93.6 Å². The first-order chi connectivity index (χ1) is 9.29. The maximum Gasteiger partial charge on any atom is 0.213 e. The van der Waals surface area contributed by atoms with E-state index in [4.69, 9.17) is 15.7 Å². The van der Waals surface area contributed by atoms with Crippen LogP contribution in [0.2, 0.25) is 0 Å². The fourth-order valence-electron chi connectivity index (χ4n) is 1.50. The molecule has 2 aromatic rings. The molecular formula is C13H14N4O2. The minimum Gasteiger partial charge on any atom is -0.477 e. The van der Waals surface area contributed by atoms with Crippen molar-refractivity contribution in [1.82, 2.24) is 9.97 Å². The highest BCUT2D eigenvalue weighted by Crippen LogP contribution is 2.08. The van der Waals surface area contributed by atoms with Gasteiger partial charge >= 0.3 is 0 Å². The zero-order valence-corrected chi connectivity index (χ0v) is 10.2. The molecule has 6 nitrogen and oxygen atoms in total. The van der Waals surface area contributed by atoms with Crippen LogP contribution >= 0.6 is 0 Å². The molecule has 0 unspecified atom stereocenters. The van der Waals surface area contributed by atoms with Gasteiger partial charge in [-0.3, -0.25) is 4.98 Å². The number of pyridine rings is 2. The maximum atomic E-state index is 8.58. The van der Waals surface area contributed by atoms with E-state index in [2.05, 4.69) is 15.1 Å². The molecule has 0 saturated heterocycles. The van der Waals surface area contributed by atoms with Crippen LogP contribution < -0.4 is 10.5 Å². The van der Waals surface area contributed by atoms with Crippen LogP contribution in [-0.2, 0) is 6.42 Å². The highest BCUT2D eigenvalue weighted by atomic mass is 16.5. The summed E-state index contributed by atoms with van der Waals surface area (Å²) in [4.78, 5) is 8.31. The van der Waals surface area contributed by atoms with Crippen molar-refractivity contribution in [2.45, 2.75) is 6.42 Å². The third-order valence-electron chi connectivity index (χ3n) is 2.43. The second kappa shape index (κ2) is 6.34. The van der Waals surface area contributed by atoms with Crippen molar-refractivity contribution in [1.29, 1.82) is 0 Å². The minimum atomic E-state index is -0.0461. The average molecular weight is 258 g/mol. The third kappa shape index (κ3) is 3.67. The summed E-state index contributed by atoms with van der Waals surface area (Å²) >= 11 is 0. The fraction of sp³-hybridized carbons (Fsp3) is 0.154. The first-order valence-corrected chi connectivity index (χ1v) is 5.77. The maximum absolute atomic E-state index is 8.58. The van der Waals surface area contributed by atoms with Crippen LogP contribution in [0.15, 0.2) is 47.8 Å². The molecule has 3 N–H and O–H groups in total. The number of oxime groups is 1. The van der Waals surface area contributed by atoms with Gasteiger partial charge in [-0.25, -0.2) is 4.98 Å². The van der Waals surface area contributed by atoms with Crippen molar-refractivity contribution in [2.75, 3.05) is 6.61 Å². The van der Waals surface area contributed by atoms with Crippen molar-refractivity contribution in [3.8, 4) is 5.88 Å².